The summed E-state index contributed by atoms with van der Waals surface area (Å²) in [5.41, 5.74) is 2.00. The van der Waals surface area contributed by atoms with Crippen LogP contribution in [0.2, 0.25) is 0 Å². The Hall–Kier alpha value is -3.17. The van der Waals surface area contributed by atoms with E-state index in [4.69, 9.17) is 5.26 Å². The number of para-hydroxylation sites is 1. The molecule has 28 heavy (non-hydrogen) atoms. The second-order valence-corrected chi connectivity index (χ2v) is 7.04. The molecule has 1 heterocycles. The Morgan fingerprint density at radius 3 is 2.43 bits per heavy atom. The smallest absolute Gasteiger partial charge is 0.241 e. The Morgan fingerprint density at radius 1 is 1.07 bits per heavy atom. The third-order valence-electron chi connectivity index (χ3n) is 5.07. The van der Waals surface area contributed by atoms with Crippen molar-refractivity contribution in [2.24, 2.45) is 5.92 Å². The fourth-order valence-corrected chi connectivity index (χ4v) is 3.38. The van der Waals surface area contributed by atoms with E-state index in [1.54, 1.807) is 24.3 Å². The van der Waals surface area contributed by atoms with E-state index in [1.165, 1.54) is 0 Å². The monoisotopic (exact) mass is 376 g/mol. The molecule has 3 rings (SSSR count). The second kappa shape index (κ2) is 9.16. The lowest BCUT2D eigenvalue weighted by molar-refractivity contribution is -0.125. The van der Waals surface area contributed by atoms with Crippen molar-refractivity contribution in [2.45, 2.75) is 25.8 Å². The molecule has 144 valence electrons. The van der Waals surface area contributed by atoms with Gasteiger partial charge in [-0.25, -0.2) is 0 Å². The molecule has 2 amide bonds. The van der Waals surface area contributed by atoms with Crippen LogP contribution < -0.4 is 10.6 Å². The standard InChI is InChI=1S/C22H24N4O2/c1-16(21(27)24-20-11-9-17(14-23)10-12-20)26-13-5-6-18(15-26)22(28)25-19-7-3-2-4-8-19/h2-4,7-12,16,18H,5-6,13,15H2,1H3,(H,24,27)(H,25,28). The van der Waals surface area contributed by atoms with Gasteiger partial charge in [0.1, 0.15) is 0 Å². The van der Waals surface area contributed by atoms with Gasteiger partial charge in [-0.2, -0.15) is 5.26 Å². The molecule has 0 bridgehead atoms. The zero-order valence-electron chi connectivity index (χ0n) is 15.9. The average Bonchev–Trinajstić information content (AvgIpc) is 2.74. The van der Waals surface area contributed by atoms with Gasteiger partial charge in [-0.3, -0.25) is 14.5 Å². The highest BCUT2D eigenvalue weighted by Gasteiger charge is 2.30. The number of likely N-dealkylation sites (tertiary alicyclic amines) is 1. The number of piperidine rings is 1. The molecule has 6 heteroatoms. The van der Waals surface area contributed by atoms with E-state index in [2.05, 4.69) is 21.6 Å². The lowest BCUT2D eigenvalue weighted by Crippen LogP contribution is -2.49. The van der Waals surface area contributed by atoms with Crippen LogP contribution >= 0.6 is 0 Å². The van der Waals surface area contributed by atoms with Crippen molar-refractivity contribution >= 4 is 23.2 Å². The maximum atomic E-state index is 12.6. The van der Waals surface area contributed by atoms with Crippen molar-refractivity contribution in [3.63, 3.8) is 0 Å². The highest BCUT2D eigenvalue weighted by atomic mass is 16.2. The first kappa shape index (κ1) is 19.6. The van der Waals surface area contributed by atoms with E-state index in [0.29, 0.717) is 17.8 Å². The van der Waals surface area contributed by atoms with Gasteiger partial charge in [-0.05, 0) is 62.7 Å². The van der Waals surface area contributed by atoms with E-state index in [-0.39, 0.29) is 23.8 Å². The first-order valence-electron chi connectivity index (χ1n) is 9.48. The minimum Gasteiger partial charge on any atom is -0.326 e. The molecule has 6 nitrogen and oxygen atoms in total. The van der Waals surface area contributed by atoms with Crippen molar-refractivity contribution in [3.05, 3.63) is 60.2 Å². The third kappa shape index (κ3) is 4.96. The zero-order chi connectivity index (χ0) is 19.9. The van der Waals surface area contributed by atoms with Gasteiger partial charge in [-0.1, -0.05) is 18.2 Å². The Kier molecular flexibility index (Phi) is 6.41. The summed E-state index contributed by atoms with van der Waals surface area (Å²) in [6, 6.07) is 17.9. The average molecular weight is 376 g/mol. The first-order chi connectivity index (χ1) is 13.6. The fourth-order valence-electron chi connectivity index (χ4n) is 3.38. The molecule has 1 saturated heterocycles. The molecule has 2 unspecified atom stereocenters. The van der Waals surface area contributed by atoms with Gasteiger partial charge in [-0.15, -0.1) is 0 Å². The van der Waals surface area contributed by atoms with Gasteiger partial charge >= 0.3 is 0 Å². The van der Waals surface area contributed by atoms with E-state index in [1.807, 2.05) is 37.3 Å². The number of carbonyl (C=O) groups is 2. The maximum Gasteiger partial charge on any atom is 0.241 e. The quantitative estimate of drug-likeness (QED) is 0.839. The van der Waals surface area contributed by atoms with Crippen molar-refractivity contribution < 1.29 is 9.59 Å². The number of nitriles is 1. The summed E-state index contributed by atoms with van der Waals surface area (Å²) >= 11 is 0. The SMILES string of the molecule is CC(C(=O)Nc1ccc(C#N)cc1)N1CCCC(C(=O)Nc2ccccc2)C1. The molecule has 0 saturated carbocycles. The minimum atomic E-state index is -0.344. The Bertz CT molecular complexity index is 858. The van der Waals surface area contributed by atoms with Crippen molar-refractivity contribution in [1.29, 1.82) is 5.26 Å². The number of carbonyl (C=O) groups excluding carboxylic acids is 2. The molecular weight excluding hydrogens is 352 g/mol. The number of nitrogens with zero attached hydrogens (tertiary/aromatic N) is 2. The highest BCUT2D eigenvalue weighted by molar-refractivity contribution is 5.95. The molecule has 2 aromatic rings. The van der Waals surface area contributed by atoms with Gasteiger partial charge in [0.05, 0.1) is 23.6 Å². The van der Waals surface area contributed by atoms with Crippen LogP contribution in [0.3, 0.4) is 0 Å². The number of benzene rings is 2. The molecule has 1 fully saturated rings. The van der Waals surface area contributed by atoms with Crippen LogP contribution in [0.15, 0.2) is 54.6 Å². The zero-order valence-corrected chi connectivity index (χ0v) is 15.9. The largest absolute Gasteiger partial charge is 0.326 e. The van der Waals surface area contributed by atoms with Crippen LogP contribution in [0.25, 0.3) is 0 Å². The summed E-state index contributed by atoms with van der Waals surface area (Å²) in [6.07, 6.45) is 1.69. The van der Waals surface area contributed by atoms with Gasteiger partial charge in [0.25, 0.3) is 0 Å². The van der Waals surface area contributed by atoms with Crippen LogP contribution in [0.1, 0.15) is 25.3 Å². The van der Waals surface area contributed by atoms with E-state index < -0.39 is 0 Å². The maximum absolute atomic E-state index is 12.6. The number of rotatable bonds is 5. The Balaban J connectivity index is 1.57. The topological polar surface area (TPSA) is 85.2 Å². The third-order valence-corrected chi connectivity index (χ3v) is 5.07. The minimum absolute atomic E-state index is 0.00407. The predicted octanol–water partition coefficient (Wildman–Crippen LogP) is 3.24. The number of anilines is 2. The second-order valence-electron chi connectivity index (χ2n) is 7.04. The molecule has 0 radical (unpaired) electrons. The van der Waals surface area contributed by atoms with E-state index in [9.17, 15) is 9.59 Å². The summed E-state index contributed by atoms with van der Waals surface area (Å²) in [5, 5.41) is 14.7. The Labute approximate surface area is 165 Å². The molecule has 2 atom stereocenters. The number of amides is 2. The molecule has 2 N–H and O–H groups in total. The molecule has 1 aliphatic heterocycles. The fraction of sp³-hybridized carbons (Fsp3) is 0.318. The number of hydrogen-bond donors (Lipinski definition) is 2. The predicted molar refractivity (Wildman–Crippen MR) is 109 cm³/mol. The summed E-state index contributed by atoms with van der Waals surface area (Å²) in [5.74, 6) is -0.261. The van der Waals surface area contributed by atoms with Crippen molar-refractivity contribution in [3.8, 4) is 6.07 Å². The summed E-state index contributed by atoms with van der Waals surface area (Å²) in [6.45, 7) is 3.20. The van der Waals surface area contributed by atoms with Crippen LogP contribution in [0.5, 0.6) is 0 Å². The van der Waals surface area contributed by atoms with E-state index in [0.717, 1.165) is 25.1 Å². The van der Waals surface area contributed by atoms with Gasteiger partial charge in [0.15, 0.2) is 0 Å². The lowest BCUT2D eigenvalue weighted by atomic mass is 9.95. The molecule has 0 spiro atoms. The number of nitrogens with one attached hydrogen (secondary N) is 2. The van der Waals surface area contributed by atoms with Crippen molar-refractivity contribution in [1.82, 2.24) is 4.90 Å². The van der Waals surface area contributed by atoms with Crippen LogP contribution in [0.4, 0.5) is 11.4 Å². The molecular formula is C22H24N4O2. The van der Waals surface area contributed by atoms with Crippen LogP contribution in [-0.2, 0) is 9.59 Å². The Morgan fingerprint density at radius 2 is 1.75 bits per heavy atom. The number of hydrogen-bond acceptors (Lipinski definition) is 4. The molecule has 0 aliphatic carbocycles. The van der Waals surface area contributed by atoms with Gasteiger partial charge in [0.2, 0.25) is 11.8 Å². The molecule has 0 aromatic heterocycles. The lowest BCUT2D eigenvalue weighted by Gasteiger charge is -2.35. The molecule has 2 aromatic carbocycles. The molecule has 1 aliphatic rings. The summed E-state index contributed by atoms with van der Waals surface area (Å²) in [4.78, 5) is 27.3. The van der Waals surface area contributed by atoms with Crippen molar-refractivity contribution in [2.75, 3.05) is 23.7 Å². The van der Waals surface area contributed by atoms with Crippen LogP contribution in [0, 0.1) is 17.2 Å². The highest BCUT2D eigenvalue weighted by Crippen LogP contribution is 2.21. The first-order valence-corrected chi connectivity index (χ1v) is 9.48. The summed E-state index contributed by atoms with van der Waals surface area (Å²) < 4.78 is 0. The van der Waals surface area contributed by atoms with Gasteiger partial charge < -0.3 is 10.6 Å². The van der Waals surface area contributed by atoms with Crippen LogP contribution in [-0.4, -0.2) is 35.8 Å². The normalized spacial score (nSPS) is 17.9. The van der Waals surface area contributed by atoms with E-state index >= 15 is 0 Å². The van der Waals surface area contributed by atoms with Gasteiger partial charge in [0, 0.05) is 17.9 Å². The summed E-state index contributed by atoms with van der Waals surface area (Å²) in [7, 11) is 0.